The molecule has 0 bridgehead atoms. The molecule has 20 heavy (non-hydrogen) atoms. The number of hydrogen-bond donors (Lipinski definition) is 2. The molecule has 0 aliphatic carbocycles. The van der Waals surface area contributed by atoms with Gasteiger partial charge in [0.25, 0.3) is 5.69 Å². The summed E-state index contributed by atoms with van der Waals surface area (Å²) in [5, 5.41) is 13.8. The monoisotopic (exact) mass is 301 g/mol. The molecule has 2 N–H and O–H groups in total. The number of benzene rings is 1. The number of nitrogens with one attached hydrogen (secondary N) is 2. The Morgan fingerprint density at radius 3 is 2.55 bits per heavy atom. The first kappa shape index (κ1) is 16.5. The number of nitro benzene ring substituents is 1. The predicted octanol–water partition coefficient (Wildman–Crippen LogP) is 1.01. The summed E-state index contributed by atoms with van der Waals surface area (Å²) in [5.74, 6) is -0.0637. The lowest BCUT2D eigenvalue weighted by Crippen LogP contribution is -2.34. The molecule has 1 rings (SSSR count). The zero-order valence-corrected chi connectivity index (χ0v) is 12.3. The molecule has 112 valence electrons. The van der Waals surface area contributed by atoms with Crippen LogP contribution in [0.2, 0.25) is 0 Å². The molecule has 0 aromatic heterocycles. The third-order valence-corrected chi connectivity index (χ3v) is 3.92. The Kier molecular flexibility index (Phi) is 6.05. The summed E-state index contributed by atoms with van der Waals surface area (Å²) >= 11 is 0. The molecule has 0 unspecified atom stereocenters. The van der Waals surface area contributed by atoms with E-state index in [0.29, 0.717) is 12.1 Å². The van der Waals surface area contributed by atoms with E-state index in [2.05, 4.69) is 10.0 Å². The third-order valence-electron chi connectivity index (χ3n) is 2.59. The van der Waals surface area contributed by atoms with Crippen molar-refractivity contribution in [2.75, 3.05) is 12.3 Å². The fourth-order valence-electron chi connectivity index (χ4n) is 1.58. The molecule has 0 saturated heterocycles. The molecule has 0 spiro atoms. The normalized spacial score (nSPS) is 11.8. The first-order valence-electron chi connectivity index (χ1n) is 6.25. The summed E-state index contributed by atoms with van der Waals surface area (Å²) in [6.07, 6.45) is 0. The van der Waals surface area contributed by atoms with Gasteiger partial charge in [0, 0.05) is 30.8 Å². The van der Waals surface area contributed by atoms with Gasteiger partial charge in [-0.05, 0) is 0 Å². The maximum atomic E-state index is 11.7. The van der Waals surface area contributed by atoms with Gasteiger partial charge in [0.2, 0.25) is 10.0 Å². The summed E-state index contributed by atoms with van der Waals surface area (Å²) < 4.78 is 25.9. The van der Waals surface area contributed by atoms with Gasteiger partial charge in [0.15, 0.2) is 0 Å². The first-order chi connectivity index (χ1) is 9.32. The Hall–Kier alpha value is -1.51. The van der Waals surface area contributed by atoms with E-state index in [0.717, 1.165) is 0 Å². The highest BCUT2D eigenvalue weighted by Crippen LogP contribution is 2.17. The first-order valence-corrected chi connectivity index (χ1v) is 7.90. The van der Waals surface area contributed by atoms with Crippen molar-refractivity contribution >= 4 is 15.7 Å². The van der Waals surface area contributed by atoms with Crippen LogP contribution in [0.15, 0.2) is 24.3 Å². The van der Waals surface area contributed by atoms with Gasteiger partial charge >= 0.3 is 0 Å². The molecule has 0 amide bonds. The average molecular weight is 301 g/mol. The molecule has 0 aliphatic heterocycles. The van der Waals surface area contributed by atoms with Crippen molar-refractivity contribution in [2.24, 2.45) is 0 Å². The Labute approximate surface area is 118 Å². The van der Waals surface area contributed by atoms with Gasteiger partial charge in [-0.3, -0.25) is 10.1 Å². The lowest BCUT2D eigenvalue weighted by atomic mass is 10.2. The SMILES string of the molecule is CC(C)NCCS(=O)(=O)NCc1ccccc1[N+](=O)[O-]. The predicted molar refractivity (Wildman–Crippen MR) is 76.9 cm³/mol. The second-order valence-electron chi connectivity index (χ2n) is 4.63. The summed E-state index contributed by atoms with van der Waals surface area (Å²) in [5.41, 5.74) is 0.258. The minimum absolute atomic E-state index is 0.0637. The Balaban J connectivity index is 2.60. The van der Waals surface area contributed by atoms with Gasteiger partial charge in [0.05, 0.1) is 10.7 Å². The van der Waals surface area contributed by atoms with Crippen LogP contribution in [0.1, 0.15) is 19.4 Å². The highest BCUT2D eigenvalue weighted by Gasteiger charge is 2.15. The molecular weight excluding hydrogens is 282 g/mol. The lowest BCUT2D eigenvalue weighted by Gasteiger charge is -2.09. The molecule has 1 aromatic rings. The van der Waals surface area contributed by atoms with Gasteiger partial charge < -0.3 is 5.32 Å². The molecule has 0 radical (unpaired) electrons. The largest absolute Gasteiger partial charge is 0.313 e. The molecule has 1 aromatic carbocycles. The highest BCUT2D eigenvalue weighted by molar-refractivity contribution is 7.89. The van der Waals surface area contributed by atoms with E-state index >= 15 is 0 Å². The smallest absolute Gasteiger partial charge is 0.273 e. The van der Waals surface area contributed by atoms with Crippen LogP contribution in [0.25, 0.3) is 0 Å². The van der Waals surface area contributed by atoms with E-state index in [1.54, 1.807) is 12.1 Å². The average Bonchev–Trinajstić information content (AvgIpc) is 2.36. The number of nitro groups is 1. The van der Waals surface area contributed by atoms with Crippen LogP contribution in [0.3, 0.4) is 0 Å². The van der Waals surface area contributed by atoms with Crippen molar-refractivity contribution in [1.82, 2.24) is 10.0 Å². The summed E-state index contributed by atoms with van der Waals surface area (Å²) in [4.78, 5) is 10.3. The lowest BCUT2D eigenvalue weighted by molar-refractivity contribution is -0.385. The molecule has 7 nitrogen and oxygen atoms in total. The fourth-order valence-corrected chi connectivity index (χ4v) is 2.49. The summed E-state index contributed by atoms with van der Waals surface area (Å²) in [7, 11) is -3.45. The molecule has 0 aliphatic rings. The molecule has 0 saturated carbocycles. The maximum Gasteiger partial charge on any atom is 0.273 e. The van der Waals surface area contributed by atoms with Crippen molar-refractivity contribution in [1.29, 1.82) is 0 Å². The minimum atomic E-state index is -3.45. The highest BCUT2D eigenvalue weighted by atomic mass is 32.2. The Bertz CT molecular complexity index is 558. The van der Waals surface area contributed by atoms with Crippen molar-refractivity contribution in [2.45, 2.75) is 26.4 Å². The van der Waals surface area contributed by atoms with Gasteiger partial charge in [-0.1, -0.05) is 32.0 Å². The maximum absolute atomic E-state index is 11.7. The summed E-state index contributed by atoms with van der Waals surface area (Å²) in [6.45, 7) is 4.10. The Morgan fingerprint density at radius 2 is 1.95 bits per heavy atom. The van der Waals surface area contributed by atoms with Crippen molar-refractivity contribution in [3.8, 4) is 0 Å². The van der Waals surface area contributed by atoms with Crippen molar-refractivity contribution < 1.29 is 13.3 Å². The number of para-hydroxylation sites is 1. The topological polar surface area (TPSA) is 101 Å². The Morgan fingerprint density at radius 1 is 1.30 bits per heavy atom. The number of hydrogen-bond acceptors (Lipinski definition) is 5. The molecule has 0 fully saturated rings. The number of rotatable bonds is 8. The van der Waals surface area contributed by atoms with Gasteiger partial charge in [-0.2, -0.15) is 0 Å². The fraction of sp³-hybridized carbons (Fsp3) is 0.500. The number of nitrogens with zero attached hydrogens (tertiary/aromatic N) is 1. The minimum Gasteiger partial charge on any atom is -0.313 e. The van der Waals surface area contributed by atoms with Crippen LogP contribution >= 0.6 is 0 Å². The van der Waals surface area contributed by atoms with Crippen molar-refractivity contribution in [3.05, 3.63) is 39.9 Å². The van der Waals surface area contributed by atoms with E-state index in [1.807, 2.05) is 13.8 Å². The molecule has 8 heteroatoms. The van der Waals surface area contributed by atoms with Crippen LogP contribution in [0.4, 0.5) is 5.69 Å². The van der Waals surface area contributed by atoms with E-state index in [-0.39, 0.29) is 24.0 Å². The van der Waals surface area contributed by atoms with E-state index < -0.39 is 14.9 Å². The molecular formula is C12H19N3O4S. The zero-order valence-electron chi connectivity index (χ0n) is 11.5. The second-order valence-corrected chi connectivity index (χ2v) is 6.56. The molecule has 0 atom stereocenters. The quantitative estimate of drug-likeness (QED) is 0.551. The van der Waals surface area contributed by atoms with Gasteiger partial charge in [-0.15, -0.1) is 0 Å². The van der Waals surface area contributed by atoms with E-state index in [1.165, 1.54) is 12.1 Å². The molecule has 0 heterocycles. The number of sulfonamides is 1. The van der Waals surface area contributed by atoms with Crippen LogP contribution < -0.4 is 10.0 Å². The second kappa shape index (κ2) is 7.32. The third kappa shape index (κ3) is 5.64. The zero-order chi connectivity index (χ0) is 15.2. The van der Waals surface area contributed by atoms with E-state index in [9.17, 15) is 18.5 Å². The van der Waals surface area contributed by atoms with Crippen LogP contribution in [-0.4, -0.2) is 31.7 Å². The van der Waals surface area contributed by atoms with E-state index in [4.69, 9.17) is 0 Å². The van der Waals surface area contributed by atoms with Crippen LogP contribution in [0, 0.1) is 10.1 Å². The van der Waals surface area contributed by atoms with Crippen LogP contribution in [0.5, 0.6) is 0 Å². The van der Waals surface area contributed by atoms with Crippen LogP contribution in [-0.2, 0) is 16.6 Å². The summed E-state index contributed by atoms with van der Waals surface area (Å²) in [6, 6.07) is 6.27. The van der Waals surface area contributed by atoms with Gasteiger partial charge in [0.1, 0.15) is 0 Å². The van der Waals surface area contributed by atoms with Gasteiger partial charge in [-0.25, -0.2) is 13.1 Å². The standard InChI is InChI=1S/C12H19N3O4S/c1-10(2)13-7-8-20(18,19)14-9-11-5-3-4-6-12(11)15(16)17/h3-6,10,13-14H,7-9H2,1-2H3. The van der Waals surface area contributed by atoms with Crippen molar-refractivity contribution in [3.63, 3.8) is 0 Å².